The molecule has 0 spiro atoms. The highest BCUT2D eigenvalue weighted by atomic mass is 79.9. The largest absolute Gasteiger partial charge is 0.320 e. The van der Waals surface area contributed by atoms with Crippen molar-refractivity contribution in [1.82, 2.24) is 9.55 Å². The van der Waals surface area contributed by atoms with E-state index in [-0.39, 0.29) is 0 Å². The van der Waals surface area contributed by atoms with E-state index in [9.17, 15) is 0 Å². The zero-order chi connectivity index (χ0) is 10.8. The summed E-state index contributed by atoms with van der Waals surface area (Å²) in [6.45, 7) is 4.44. The molecule has 1 heterocycles. The van der Waals surface area contributed by atoms with Crippen molar-refractivity contribution >= 4 is 15.9 Å². The van der Waals surface area contributed by atoms with Gasteiger partial charge in [-0.15, -0.1) is 0 Å². The van der Waals surface area contributed by atoms with E-state index in [1.807, 2.05) is 6.20 Å². The molecule has 84 valence electrons. The van der Waals surface area contributed by atoms with Gasteiger partial charge in [0.25, 0.3) is 0 Å². The number of hydrogen-bond donors (Lipinski definition) is 0. The minimum Gasteiger partial charge on any atom is -0.320 e. The lowest BCUT2D eigenvalue weighted by Gasteiger charge is -2.24. The fraction of sp³-hybridized carbons (Fsp3) is 0.750. The summed E-state index contributed by atoms with van der Waals surface area (Å²) in [6.07, 6.45) is 8.72. The molecule has 2 nitrogen and oxygen atoms in total. The fourth-order valence-electron chi connectivity index (χ4n) is 2.53. The van der Waals surface area contributed by atoms with Crippen LogP contribution in [-0.2, 0) is 0 Å². The summed E-state index contributed by atoms with van der Waals surface area (Å²) in [5, 5.41) is 0. The third-order valence-corrected chi connectivity index (χ3v) is 3.85. The second kappa shape index (κ2) is 4.69. The third kappa shape index (κ3) is 2.27. The van der Waals surface area contributed by atoms with Crippen LogP contribution < -0.4 is 0 Å². The summed E-state index contributed by atoms with van der Waals surface area (Å²) in [5.74, 6) is 1.98. The molecule has 1 aliphatic carbocycles. The van der Waals surface area contributed by atoms with Crippen LogP contribution in [0.1, 0.15) is 63.7 Å². The van der Waals surface area contributed by atoms with E-state index in [1.165, 1.54) is 37.9 Å². The first-order valence-electron chi connectivity index (χ1n) is 5.92. The lowest BCUT2D eigenvalue weighted by atomic mass is 9.88. The van der Waals surface area contributed by atoms with Gasteiger partial charge in [0.2, 0.25) is 0 Å². The van der Waals surface area contributed by atoms with Crippen molar-refractivity contribution in [2.24, 2.45) is 0 Å². The van der Waals surface area contributed by atoms with Gasteiger partial charge < -0.3 is 4.57 Å². The Kier molecular flexibility index (Phi) is 3.49. The molecule has 0 atom stereocenters. The molecule has 15 heavy (non-hydrogen) atoms. The molecule has 3 heteroatoms. The molecule has 1 aromatic rings. The van der Waals surface area contributed by atoms with E-state index in [0.29, 0.717) is 12.0 Å². The van der Waals surface area contributed by atoms with Gasteiger partial charge in [-0.25, -0.2) is 4.98 Å². The Morgan fingerprint density at radius 2 is 2.00 bits per heavy atom. The lowest BCUT2D eigenvalue weighted by molar-refractivity contribution is 0.405. The summed E-state index contributed by atoms with van der Waals surface area (Å²) < 4.78 is 3.45. The van der Waals surface area contributed by atoms with Gasteiger partial charge in [0.15, 0.2) is 0 Å². The van der Waals surface area contributed by atoms with Crippen molar-refractivity contribution in [2.75, 3.05) is 0 Å². The number of hydrogen-bond acceptors (Lipinski definition) is 1. The monoisotopic (exact) mass is 270 g/mol. The maximum atomic E-state index is 4.58. The number of halogens is 1. The first-order valence-corrected chi connectivity index (χ1v) is 6.72. The van der Waals surface area contributed by atoms with Crippen LogP contribution >= 0.6 is 15.9 Å². The van der Waals surface area contributed by atoms with Crippen molar-refractivity contribution in [3.05, 3.63) is 16.6 Å². The molecular formula is C12H19BrN2. The average Bonchev–Trinajstić information content (AvgIpc) is 2.61. The molecule has 0 aliphatic heterocycles. The second-order valence-corrected chi connectivity index (χ2v) is 5.55. The molecule has 2 rings (SSSR count). The Morgan fingerprint density at radius 3 is 2.60 bits per heavy atom. The van der Waals surface area contributed by atoms with E-state index in [2.05, 4.69) is 39.3 Å². The van der Waals surface area contributed by atoms with Gasteiger partial charge in [-0.05, 0) is 42.6 Å². The van der Waals surface area contributed by atoms with Crippen molar-refractivity contribution in [3.63, 3.8) is 0 Å². The van der Waals surface area contributed by atoms with E-state index < -0.39 is 0 Å². The zero-order valence-corrected chi connectivity index (χ0v) is 11.1. The van der Waals surface area contributed by atoms with Crippen LogP contribution in [0.15, 0.2) is 10.8 Å². The molecule has 0 N–H and O–H groups in total. The van der Waals surface area contributed by atoms with Crippen LogP contribution in [0.5, 0.6) is 0 Å². The molecule has 1 fully saturated rings. The van der Waals surface area contributed by atoms with E-state index >= 15 is 0 Å². The quantitative estimate of drug-likeness (QED) is 0.785. The van der Waals surface area contributed by atoms with Crippen LogP contribution in [-0.4, -0.2) is 9.55 Å². The van der Waals surface area contributed by atoms with E-state index in [0.717, 1.165) is 4.60 Å². The predicted molar refractivity (Wildman–Crippen MR) is 66.1 cm³/mol. The van der Waals surface area contributed by atoms with Crippen molar-refractivity contribution in [2.45, 2.75) is 57.9 Å². The molecule has 1 saturated carbocycles. The summed E-state index contributed by atoms with van der Waals surface area (Å²) in [4.78, 5) is 4.58. The summed E-state index contributed by atoms with van der Waals surface area (Å²) in [7, 11) is 0. The smallest absolute Gasteiger partial charge is 0.112 e. The van der Waals surface area contributed by atoms with Crippen LogP contribution in [0.25, 0.3) is 0 Å². The number of rotatable bonds is 2. The second-order valence-electron chi connectivity index (χ2n) is 4.74. The minimum atomic E-state index is 0.499. The van der Waals surface area contributed by atoms with Crippen LogP contribution in [0, 0.1) is 0 Å². The standard InChI is InChI=1S/C12H19BrN2/c1-9(2)15-11(13)8-14-12(15)10-6-4-3-5-7-10/h8-10H,3-7H2,1-2H3. The topological polar surface area (TPSA) is 17.8 Å². The Labute approximate surface area is 100 Å². The van der Waals surface area contributed by atoms with E-state index in [4.69, 9.17) is 0 Å². The third-order valence-electron chi connectivity index (χ3n) is 3.27. The van der Waals surface area contributed by atoms with E-state index in [1.54, 1.807) is 0 Å². The van der Waals surface area contributed by atoms with Crippen LogP contribution in [0.3, 0.4) is 0 Å². The Morgan fingerprint density at radius 1 is 1.33 bits per heavy atom. The summed E-state index contributed by atoms with van der Waals surface area (Å²) in [5.41, 5.74) is 0. The van der Waals surface area contributed by atoms with Crippen molar-refractivity contribution < 1.29 is 0 Å². The Bertz CT molecular complexity index is 324. The van der Waals surface area contributed by atoms with Gasteiger partial charge in [-0.2, -0.15) is 0 Å². The molecule has 0 radical (unpaired) electrons. The average molecular weight is 271 g/mol. The lowest BCUT2D eigenvalue weighted by Crippen LogP contribution is -2.14. The highest BCUT2D eigenvalue weighted by Gasteiger charge is 2.22. The number of aromatic nitrogens is 2. The summed E-state index contributed by atoms with van der Waals surface area (Å²) >= 11 is 3.58. The molecule has 0 aromatic carbocycles. The minimum absolute atomic E-state index is 0.499. The molecule has 0 saturated heterocycles. The van der Waals surface area contributed by atoms with Gasteiger partial charge in [-0.3, -0.25) is 0 Å². The van der Waals surface area contributed by atoms with Gasteiger partial charge in [-0.1, -0.05) is 19.3 Å². The number of imidazole rings is 1. The first-order chi connectivity index (χ1) is 7.20. The van der Waals surface area contributed by atoms with Crippen LogP contribution in [0.2, 0.25) is 0 Å². The molecule has 1 aliphatic rings. The molecule has 0 unspecified atom stereocenters. The maximum Gasteiger partial charge on any atom is 0.112 e. The van der Waals surface area contributed by atoms with Gasteiger partial charge in [0.05, 0.1) is 6.20 Å². The fourth-order valence-corrected chi connectivity index (χ4v) is 3.22. The first kappa shape index (κ1) is 11.2. The van der Waals surface area contributed by atoms with Crippen LogP contribution in [0.4, 0.5) is 0 Å². The van der Waals surface area contributed by atoms with Gasteiger partial charge >= 0.3 is 0 Å². The normalized spacial score (nSPS) is 18.7. The zero-order valence-electron chi connectivity index (χ0n) is 9.54. The predicted octanol–water partition coefficient (Wildman–Crippen LogP) is 4.27. The maximum absolute atomic E-state index is 4.58. The SMILES string of the molecule is CC(C)n1c(Br)cnc1C1CCCCC1. The molecular weight excluding hydrogens is 252 g/mol. The highest BCUT2D eigenvalue weighted by Crippen LogP contribution is 2.34. The van der Waals surface area contributed by atoms with Gasteiger partial charge in [0.1, 0.15) is 10.4 Å². The highest BCUT2D eigenvalue weighted by molar-refractivity contribution is 9.10. The Hall–Kier alpha value is -0.310. The Balaban J connectivity index is 2.26. The molecule has 0 bridgehead atoms. The van der Waals surface area contributed by atoms with Crippen molar-refractivity contribution in [1.29, 1.82) is 0 Å². The summed E-state index contributed by atoms with van der Waals surface area (Å²) in [6, 6.07) is 0.499. The van der Waals surface area contributed by atoms with Gasteiger partial charge in [0, 0.05) is 12.0 Å². The molecule has 1 aromatic heterocycles. The number of nitrogens with zero attached hydrogens (tertiary/aromatic N) is 2. The molecule has 0 amide bonds. The van der Waals surface area contributed by atoms with Crippen molar-refractivity contribution in [3.8, 4) is 0 Å².